The third-order valence-electron chi connectivity index (χ3n) is 3.92. The van der Waals surface area contributed by atoms with E-state index >= 15 is 0 Å². The SMILES string of the molecule is NC(=O)O.O=C(O)NC1CCOc2c(C(=O)Nc3ccc(F)c(F)c3)c(F)cc(F)c21. The highest BCUT2D eigenvalue weighted by atomic mass is 19.2. The second kappa shape index (κ2) is 9.65. The maximum Gasteiger partial charge on any atom is 0.405 e. The van der Waals surface area contributed by atoms with Crippen LogP contribution >= 0.6 is 0 Å². The fraction of sp³-hybridized carbons (Fsp3) is 0.167. The Morgan fingerprint density at radius 2 is 1.65 bits per heavy atom. The second-order valence-electron chi connectivity index (χ2n) is 6.02. The van der Waals surface area contributed by atoms with Crippen molar-refractivity contribution in [3.05, 3.63) is 58.7 Å². The van der Waals surface area contributed by atoms with Crippen molar-refractivity contribution in [2.75, 3.05) is 11.9 Å². The van der Waals surface area contributed by atoms with Gasteiger partial charge in [0.1, 0.15) is 22.9 Å². The zero-order chi connectivity index (χ0) is 23.3. The average molecular weight is 445 g/mol. The molecule has 2 aromatic rings. The van der Waals surface area contributed by atoms with Crippen LogP contribution in [0.5, 0.6) is 5.75 Å². The summed E-state index contributed by atoms with van der Waals surface area (Å²) >= 11 is 0. The third kappa shape index (κ3) is 5.74. The Bertz CT molecular complexity index is 1030. The summed E-state index contributed by atoms with van der Waals surface area (Å²) in [6.07, 6.45) is -2.68. The fourth-order valence-corrected chi connectivity index (χ4v) is 2.78. The second-order valence-corrected chi connectivity index (χ2v) is 6.02. The number of anilines is 1. The van der Waals surface area contributed by atoms with Crippen LogP contribution in [0, 0.1) is 23.3 Å². The number of benzene rings is 2. The Balaban J connectivity index is 0.000000785. The summed E-state index contributed by atoms with van der Waals surface area (Å²) in [4.78, 5) is 32.1. The summed E-state index contributed by atoms with van der Waals surface area (Å²) in [6.45, 7) is -0.0910. The summed E-state index contributed by atoms with van der Waals surface area (Å²) in [5.74, 6) is -6.23. The fourth-order valence-electron chi connectivity index (χ4n) is 2.78. The van der Waals surface area contributed by atoms with Crippen molar-refractivity contribution in [1.29, 1.82) is 0 Å². The van der Waals surface area contributed by atoms with Crippen molar-refractivity contribution in [1.82, 2.24) is 5.32 Å². The molecule has 0 saturated carbocycles. The van der Waals surface area contributed by atoms with Gasteiger partial charge in [-0.15, -0.1) is 0 Å². The van der Waals surface area contributed by atoms with Gasteiger partial charge in [0.2, 0.25) is 0 Å². The number of nitrogens with one attached hydrogen (secondary N) is 2. The van der Waals surface area contributed by atoms with Gasteiger partial charge in [-0.25, -0.2) is 27.2 Å². The summed E-state index contributed by atoms with van der Waals surface area (Å²) < 4.78 is 60.0. The average Bonchev–Trinajstić information content (AvgIpc) is 2.63. The minimum atomic E-state index is -1.43. The molecule has 0 aromatic heterocycles. The molecule has 6 N–H and O–H groups in total. The molecule has 0 bridgehead atoms. The Kier molecular flexibility index (Phi) is 7.24. The van der Waals surface area contributed by atoms with Gasteiger partial charge in [0.15, 0.2) is 11.6 Å². The number of hydrogen-bond donors (Lipinski definition) is 5. The molecular formula is C18H15F4N3O6. The van der Waals surface area contributed by atoms with Gasteiger partial charge in [0, 0.05) is 24.2 Å². The lowest BCUT2D eigenvalue weighted by Gasteiger charge is -2.28. The van der Waals surface area contributed by atoms with E-state index in [1.807, 2.05) is 0 Å². The van der Waals surface area contributed by atoms with Gasteiger partial charge in [-0.05, 0) is 12.1 Å². The van der Waals surface area contributed by atoms with E-state index in [9.17, 15) is 27.2 Å². The van der Waals surface area contributed by atoms with Gasteiger partial charge in [-0.3, -0.25) is 4.79 Å². The lowest BCUT2D eigenvalue weighted by Crippen LogP contribution is -2.33. The highest BCUT2D eigenvalue weighted by molar-refractivity contribution is 6.06. The van der Waals surface area contributed by atoms with Crippen LogP contribution in [0.3, 0.4) is 0 Å². The number of amides is 3. The predicted octanol–water partition coefficient (Wildman–Crippen LogP) is 3.21. The standard InChI is InChI=1S/C17H12F4N2O4.CH3NO2/c18-8-2-1-7(5-9(8)19)22-16(24)14-11(21)6-10(20)13-12(23-17(25)26)3-4-27-15(13)14;2-1(3)4/h1-2,5-6,12,23H,3-4H2,(H,22,24)(H,25,26);2H2,(H,3,4). The van der Waals surface area contributed by atoms with E-state index in [4.69, 9.17) is 19.7 Å². The molecule has 1 unspecified atom stereocenters. The van der Waals surface area contributed by atoms with Crippen molar-refractivity contribution in [3.8, 4) is 5.75 Å². The molecule has 1 heterocycles. The topological polar surface area (TPSA) is 151 Å². The molecule has 2 aromatic carbocycles. The van der Waals surface area contributed by atoms with Crippen LogP contribution in [-0.4, -0.2) is 34.9 Å². The predicted molar refractivity (Wildman–Crippen MR) is 96.9 cm³/mol. The molecule has 31 heavy (non-hydrogen) atoms. The van der Waals surface area contributed by atoms with E-state index in [1.165, 1.54) is 0 Å². The highest BCUT2D eigenvalue weighted by Gasteiger charge is 2.33. The maximum absolute atomic E-state index is 14.3. The van der Waals surface area contributed by atoms with Crippen molar-refractivity contribution < 1.29 is 46.9 Å². The largest absolute Gasteiger partial charge is 0.492 e. The summed E-state index contributed by atoms with van der Waals surface area (Å²) in [7, 11) is 0. The van der Waals surface area contributed by atoms with Crippen molar-refractivity contribution in [2.45, 2.75) is 12.5 Å². The van der Waals surface area contributed by atoms with Crippen molar-refractivity contribution in [2.24, 2.45) is 5.73 Å². The molecule has 1 atom stereocenters. The van der Waals surface area contributed by atoms with E-state index < -0.39 is 58.7 Å². The zero-order valence-corrected chi connectivity index (χ0v) is 15.4. The molecule has 0 aliphatic carbocycles. The maximum atomic E-state index is 14.3. The van der Waals surface area contributed by atoms with E-state index in [1.54, 1.807) is 0 Å². The Morgan fingerprint density at radius 3 is 2.23 bits per heavy atom. The molecule has 0 radical (unpaired) electrons. The van der Waals surface area contributed by atoms with E-state index in [0.717, 1.165) is 12.1 Å². The number of carbonyl (C=O) groups is 3. The Hall–Kier alpha value is -4.03. The molecule has 3 amide bonds. The van der Waals surface area contributed by atoms with Crippen molar-refractivity contribution in [3.63, 3.8) is 0 Å². The van der Waals surface area contributed by atoms with E-state index in [-0.39, 0.29) is 24.3 Å². The molecule has 9 nitrogen and oxygen atoms in total. The van der Waals surface area contributed by atoms with Gasteiger partial charge in [0.05, 0.1) is 18.2 Å². The molecule has 13 heteroatoms. The lowest BCUT2D eigenvalue weighted by atomic mass is 9.96. The van der Waals surface area contributed by atoms with Crippen LogP contribution in [0.4, 0.5) is 32.8 Å². The summed E-state index contributed by atoms with van der Waals surface area (Å²) in [6, 6.07) is 1.91. The van der Waals surface area contributed by atoms with Crippen LogP contribution < -0.4 is 21.1 Å². The lowest BCUT2D eigenvalue weighted by molar-refractivity contribution is 0.101. The molecule has 166 valence electrons. The smallest absolute Gasteiger partial charge is 0.405 e. The van der Waals surface area contributed by atoms with Crippen LogP contribution in [-0.2, 0) is 0 Å². The van der Waals surface area contributed by atoms with Crippen molar-refractivity contribution >= 4 is 23.8 Å². The Labute approximate surface area is 171 Å². The third-order valence-corrected chi connectivity index (χ3v) is 3.92. The van der Waals surface area contributed by atoms with E-state index in [0.29, 0.717) is 12.1 Å². The quantitative estimate of drug-likeness (QED) is 0.458. The Morgan fingerprint density at radius 1 is 1.00 bits per heavy atom. The number of carboxylic acid groups (broad SMARTS) is 2. The normalized spacial score (nSPS) is 14.3. The number of carbonyl (C=O) groups excluding carboxylic acids is 1. The number of fused-ring (bicyclic) bond motifs is 1. The molecule has 0 saturated heterocycles. The first-order valence-electron chi connectivity index (χ1n) is 8.40. The molecular weight excluding hydrogens is 430 g/mol. The number of hydrogen-bond acceptors (Lipinski definition) is 4. The summed E-state index contributed by atoms with van der Waals surface area (Å²) in [5.41, 5.74) is 2.89. The molecule has 0 spiro atoms. The highest BCUT2D eigenvalue weighted by Crippen LogP contribution is 2.38. The van der Waals surface area contributed by atoms with Gasteiger partial charge >= 0.3 is 12.2 Å². The van der Waals surface area contributed by atoms with Crippen LogP contribution in [0.2, 0.25) is 0 Å². The van der Waals surface area contributed by atoms with Gasteiger partial charge in [-0.2, -0.15) is 0 Å². The minimum Gasteiger partial charge on any atom is -0.492 e. The number of rotatable bonds is 3. The molecule has 1 aliphatic rings. The van der Waals surface area contributed by atoms with Gasteiger partial charge in [-0.1, -0.05) is 0 Å². The molecule has 3 rings (SSSR count). The minimum absolute atomic E-state index is 0.0755. The monoisotopic (exact) mass is 445 g/mol. The van der Waals surface area contributed by atoms with Crippen LogP contribution in [0.1, 0.15) is 28.4 Å². The summed E-state index contributed by atoms with van der Waals surface area (Å²) in [5, 5.41) is 20.3. The van der Waals surface area contributed by atoms with Crippen LogP contribution in [0.25, 0.3) is 0 Å². The number of primary amides is 1. The number of ether oxygens (including phenoxy) is 1. The first kappa shape index (κ1) is 23.3. The first-order chi connectivity index (χ1) is 14.5. The first-order valence-corrected chi connectivity index (χ1v) is 8.40. The molecule has 1 aliphatic heterocycles. The van der Waals surface area contributed by atoms with Crippen LogP contribution in [0.15, 0.2) is 24.3 Å². The number of halogens is 4. The number of nitrogens with two attached hydrogens (primary N) is 1. The van der Waals surface area contributed by atoms with E-state index in [2.05, 4.69) is 16.4 Å². The molecule has 0 fully saturated rings. The van der Waals surface area contributed by atoms with Gasteiger partial charge < -0.3 is 31.3 Å². The zero-order valence-electron chi connectivity index (χ0n) is 15.4. The van der Waals surface area contributed by atoms with Gasteiger partial charge in [0.25, 0.3) is 5.91 Å².